The van der Waals surface area contributed by atoms with Gasteiger partial charge in [0.15, 0.2) is 0 Å². The average molecular weight is 611 g/mol. The highest BCUT2D eigenvalue weighted by Crippen LogP contribution is 2.27. The number of benzene rings is 3. The van der Waals surface area contributed by atoms with Crippen molar-refractivity contribution in [3.05, 3.63) is 76.8 Å². The first kappa shape index (κ1) is 27.1. The lowest BCUT2D eigenvalue weighted by molar-refractivity contribution is 0.0730. The minimum atomic E-state index is -3.85. The Bertz CT molecular complexity index is 1490. The van der Waals surface area contributed by atoms with Crippen LogP contribution in [0.3, 0.4) is 0 Å². The monoisotopic (exact) mass is 609 g/mol. The number of ether oxygens (including phenoxy) is 2. The molecule has 196 valence electrons. The van der Waals surface area contributed by atoms with Crippen LogP contribution in [0.1, 0.15) is 10.4 Å². The summed E-state index contributed by atoms with van der Waals surface area (Å²) in [6.07, 6.45) is 0. The molecule has 1 amide bonds. The van der Waals surface area contributed by atoms with Gasteiger partial charge in [0.1, 0.15) is 5.75 Å². The molecule has 1 fully saturated rings. The van der Waals surface area contributed by atoms with Crippen molar-refractivity contribution in [2.45, 2.75) is 9.79 Å². The van der Waals surface area contributed by atoms with Gasteiger partial charge in [-0.15, -0.1) is 0 Å². The summed E-state index contributed by atoms with van der Waals surface area (Å²) in [7, 11) is -6.29. The molecule has 0 saturated carbocycles. The topological polar surface area (TPSA) is 131 Å². The van der Waals surface area contributed by atoms with E-state index in [1.54, 1.807) is 24.3 Å². The van der Waals surface area contributed by atoms with Gasteiger partial charge in [0.2, 0.25) is 10.0 Å². The van der Waals surface area contributed by atoms with Crippen LogP contribution in [0, 0.1) is 0 Å². The molecule has 0 aromatic heterocycles. The number of methoxy groups -OCH3 is 1. The van der Waals surface area contributed by atoms with Gasteiger partial charge in [-0.2, -0.15) is 4.31 Å². The zero-order chi connectivity index (χ0) is 26.6. The van der Waals surface area contributed by atoms with Gasteiger partial charge in [0.25, 0.3) is 15.9 Å². The molecular weight excluding hydrogens is 586 g/mol. The number of carbonyl (C=O) groups excluding carboxylic acids is 1. The first-order valence-electron chi connectivity index (χ1n) is 11.1. The van der Waals surface area contributed by atoms with E-state index in [1.165, 1.54) is 53.9 Å². The van der Waals surface area contributed by atoms with Gasteiger partial charge >= 0.3 is 0 Å². The summed E-state index contributed by atoms with van der Waals surface area (Å²) >= 11 is 3.30. The molecule has 0 atom stereocenters. The lowest BCUT2D eigenvalue weighted by atomic mass is 10.2. The van der Waals surface area contributed by atoms with Gasteiger partial charge in [-0.3, -0.25) is 9.52 Å². The molecule has 1 aliphatic rings. The lowest BCUT2D eigenvalue weighted by Gasteiger charge is -2.26. The fourth-order valence-electron chi connectivity index (χ4n) is 3.61. The maximum absolute atomic E-state index is 13.0. The molecule has 4 rings (SSSR count). The standard InChI is InChI=1S/C24H24BrN3O7S2/c1-34-23-11-10-21(37(32,33)28-12-14-35-15-13-28)16-22(23)24(29)26-18-6-8-20(9-7-18)36(30,31)27-19-4-2-17(25)3-5-19/h2-11,16,27H,12-15H2,1H3,(H,26,29). The van der Waals surface area contributed by atoms with E-state index < -0.39 is 26.0 Å². The molecule has 0 bridgehead atoms. The van der Waals surface area contributed by atoms with Crippen LogP contribution < -0.4 is 14.8 Å². The number of rotatable bonds is 8. The molecule has 0 aliphatic carbocycles. The Balaban J connectivity index is 1.52. The summed E-state index contributed by atoms with van der Waals surface area (Å²) in [6, 6.07) is 16.3. The lowest BCUT2D eigenvalue weighted by Crippen LogP contribution is -2.40. The average Bonchev–Trinajstić information content (AvgIpc) is 2.90. The zero-order valence-corrected chi connectivity index (χ0v) is 22.9. The molecule has 0 radical (unpaired) electrons. The number of carbonyl (C=O) groups is 1. The van der Waals surface area contributed by atoms with E-state index in [2.05, 4.69) is 26.0 Å². The summed E-state index contributed by atoms with van der Waals surface area (Å²) in [6.45, 7) is 1.05. The fourth-order valence-corrected chi connectivity index (χ4v) is 6.37. The Kier molecular flexibility index (Phi) is 8.19. The quantitative estimate of drug-likeness (QED) is 0.399. The molecule has 37 heavy (non-hydrogen) atoms. The van der Waals surface area contributed by atoms with Crippen molar-refractivity contribution in [2.75, 3.05) is 43.5 Å². The summed E-state index contributed by atoms with van der Waals surface area (Å²) in [5.74, 6) is -0.421. The third-order valence-corrected chi connectivity index (χ3v) is 9.36. The molecule has 1 heterocycles. The number of nitrogens with one attached hydrogen (secondary N) is 2. The molecule has 0 spiro atoms. The summed E-state index contributed by atoms with van der Waals surface area (Å²) < 4.78 is 66.5. The predicted molar refractivity (Wildman–Crippen MR) is 142 cm³/mol. The van der Waals surface area contributed by atoms with Crippen molar-refractivity contribution in [1.82, 2.24) is 4.31 Å². The fraction of sp³-hybridized carbons (Fsp3) is 0.208. The van der Waals surface area contributed by atoms with Gasteiger partial charge in [-0.25, -0.2) is 16.8 Å². The zero-order valence-electron chi connectivity index (χ0n) is 19.7. The van der Waals surface area contributed by atoms with E-state index in [4.69, 9.17) is 9.47 Å². The Morgan fingerprint density at radius 3 is 2.11 bits per heavy atom. The number of sulfonamides is 2. The second-order valence-corrected chi connectivity index (χ2v) is 12.5. The van der Waals surface area contributed by atoms with Crippen molar-refractivity contribution < 1.29 is 31.1 Å². The molecule has 1 saturated heterocycles. The normalized spacial score (nSPS) is 14.6. The van der Waals surface area contributed by atoms with Crippen LogP contribution in [0.2, 0.25) is 0 Å². The highest BCUT2D eigenvalue weighted by atomic mass is 79.9. The number of amides is 1. The summed E-state index contributed by atoms with van der Waals surface area (Å²) in [5.41, 5.74) is 0.737. The van der Waals surface area contributed by atoms with E-state index in [-0.39, 0.29) is 34.2 Å². The number of halogens is 1. The third kappa shape index (κ3) is 6.30. The molecule has 10 nitrogen and oxygen atoms in total. The van der Waals surface area contributed by atoms with Crippen LogP contribution in [0.15, 0.2) is 81.0 Å². The molecule has 1 aliphatic heterocycles. The SMILES string of the molecule is COc1ccc(S(=O)(=O)N2CCOCC2)cc1C(=O)Nc1ccc(S(=O)(=O)Nc2ccc(Br)cc2)cc1. The second kappa shape index (κ2) is 11.2. The molecule has 13 heteroatoms. The van der Waals surface area contributed by atoms with E-state index in [9.17, 15) is 21.6 Å². The smallest absolute Gasteiger partial charge is 0.261 e. The van der Waals surface area contributed by atoms with Gasteiger partial charge in [0, 0.05) is 28.9 Å². The Hall–Kier alpha value is -2.97. The molecule has 0 unspecified atom stereocenters. The van der Waals surface area contributed by atoms with Gasteiger partial charge in [-0.05, 0) is 66.7 Å². The number of hydrogen-bond acceptors (Lipinski definition) is 7. The minimum absolute atomic E-state index is 0.00426. The van der Waals surface area contributed by atoms with E-state index in [1.807, 2.05) is 0 Å². The number of anilines is 2. The third-order valence-electron chi connectivity index (χ3n) is 5.54. The van der Waals surface area contributed by atoms with Crippen LogP contribution in [-0.4, -0.2) is 60.5 Å². The van der Waals surface area contributed by atoms with Crippen LogP contribution in [-0.2, 0) is 24.8 Å². The Labute approximate surface area is 223 Å². The van der Waals surface area contributed by atoms with Crippen molar-refractivity contribution >= 4 is 53.3 Å². The van der Waals surface area contributed by atoms with E-state index >= 15 is 0 Å². The Morgan fingerprint density at radius 1 is 0.892 bits per heavy atom. The van der Waals surface area contributed by atoms with Crippen molar-refractivity contribution in [2.24, 2.45) is 0 Å². The van der Waals surface area contributed by atoms with E-state index in [0.29, 0.717) is 24.6 Å². The molecule has 2 N–H and O–H groups in total. The maximum Gasteiger partial charge on any atom is 0.261 e. The van der Waals surface area contributed by atoms with E-state index in [0.717, 1.165) is 4.47 Å². The second-order valence-electron chi connectivity index (χ2n) is 7.97. The van der Waals surface area contributed by atoms with Crippen molar-refractivity contribution in [3.63, 3.8) is 0 Å². The highest BCUT2D eigenvalue weighted by Gasteiger charge is 2.28. The first-order valence-corrected chi connectivity index (χ1v) is 14.8. The molecule has 3 aromatic carbocycles. The molecular formula is C24H24BrN3O7S2. The van der Waals surface area contributed by atoms with Crippen LogP contribution in [0.4, 0.5) is 11.4 Å². The summed E-state index contributed by atoms with van der Waals surface area (Å²) in [5, 5.41) is 2.66. The van der Waals surface area contributed by atoms with Crippen molar-refractivity contribution in [1.29, 1.82) is 0 Å². The number of nitrogens with zero attached hydrogens (tertiary/aromatic N) is 1. The predicted octanol–water partition coefficient (Wildman–Crippen LogP) is 3.53. The van der Waals surface area contributed by atoms with Crippen LogP contribution >= 0.6 is 15.9 Å². The Morgan fingerprint density at radius 2 is 1.49 bits per heavy atom. The van der Waals surface area contributed by atoms with Gasteiger partial charge in [-0.1, -0.05) is 15.9 Å². The maximum atomic E-state index is 13.0. The van der Waals surface area contributed by atoms with Crippen LogP contribution in [0.5, 0.6) is 5.75 Å². The first-order chi connectivity index (χ1) is 17.6. The molecule has 3 aromatic rings. The highest BCUT2D eigenvalue weighted by molar-refractivity contribution is 9.10. The summed E-state index contributed by atoms with van der Waals surface area (Å²) in [4.78, 5) is 13.0. The minimum Gasteiger partial charge on any atom is -0.496 e. The largest absolute Gasteiger partial charge is 0.496 e. The number of morpholine rings is 1. The van der Waals surface area contributed by atoms with Crippen molar-refractivity contribution in [3.8, 4) is 5.75 Å². The number of hydrogen-bond donors (Lipinski definition) is 2. The van der Waals surface area contributed by atoms with Gasteiger partial charge < -0.3 is 14.8 Å². The van der Waals surface area contributed by atoms with Gasteiger partial charge in [0.05, 0.1) is 35.7 Å². The van der Waals surface area contributed by atoms with Crippen LogP contribution in [0.25, 0.3) is 0 Å².